The summed E-state index contributed by atoms with van der Waals surface area (Å²) in [5.41, 5.74) is 2.35. The SMILES string of the molecule is Cc1nc([C@H](c2cccnc2)N2CCOCC2)n(Cc2ccccc2)n1. The van der Waals surface area contributed by atoms with E-state index >= 15 is 0 Å². The lowest BCUT2D eigenvalue weighted by molar-refractivity contribution is 0.0216. The molecule has 3 heterocycles. The van der Waals surface area contributed by atoms with E-state index in [-0.39, 0.29) is 6.04 Å². The molecule has 1 saturated heterocycles. The Hall–Kier alpha value is -2.57. The number of morpholine rings is 1. The van der Waals surface area contributed by atoms with Crippen LogP contribution in [0.1, 0.15) is 28.8 Å². The van der Waals surface area contributed by atoms with Gasteiger partial charge in [-0.25, -0.2) is 9.67 Å². The fourth-order valence-corrected chi connectivity index (χ4v) is 3.44. The average Bonchev–Trinajstić information content (AvgIpc) is 3.04. The maximum atomic E-state index is 5.55. The molecule has 0 spiro atoms. The summed E-state index contributed by atoms with van der Waals surface area (Å²) in [5, 5.41) is 4.67. The Labute approximate surface area is 153 Å². The van der Waals surface area contributed by atoms with Gasteiger partial charge in [0.2, 0.25) is 0 Å². The summed E-state index contributed by atoms with van der Waals surface area (Å²) >= 11 is 0. The van der Waals surface area contributed by atoms with E-state index in [1.54, 1.807) is 6.20 Å². The summed E-state index contributed by atoms with van der Waals surface area (Å²) in [7, 11) is 0. The molecule has 6 heteroatoms. The van der Waals surface area contributed by atoms with Gasteiger partial charge in [-0.15, -0.1) is 0 Å². The first kappa shape index (κ1) is 16.9. The van der Waals surface area contributed by atoms with Crippen molar-refractivity contribution in [3.05, 3.63) is 77.6 Å². The highest BCUT2D eigenvalue weighted by molar-refractivity contribution is 5.23. The van der Waals surface area contributed by atoms with E-state index in [4.69, 9.17) is 9.72 Å². The number of nitrogens with zero attached hydrogens (tertiary/aromatic N) is 5. The van der Waals surface area contributed by atoms with E-state index in [9.17, 15) is 0 Å². The zero-order chi connectivity index (χ0) is 17.8. The predicted octanol–water partition coefficient (Wildman–Crippen LogP) is 2.45. The van der Waals surface area contributed by atoms with Gasteiger partial charge in [0.1, 0.15) is 11.6 Å². The lowest BCUT2D eigenvalue weighted by atomic mass is 10.1. The number of aryl methyl sites for hydroxylation is 1. The standard InChI is InChI=1S/C20H23N5O/c1-16-22-20(25(23-16)15-17-6-3-2-4-7-17)19(18-8-5-9-21-14-18)24-10-12-26-13-11-24/h2-9,14,19H,10-13,15H2,1H3/t19-/m0/s1. The summed E-state index contributed by atoms with van der Waals surface area (Å²) in [4.78, 5) is 11.5. The van der Waals surface area contributed by atoms with Crippen LogP contribution in [0.2, 0.25) is 0 Å². The first-order chi connectivity index (χ1) is 12.8. The van der Waals surface area contributed by atoms with E-state index in [2.05, 4.69) is 45.3 Å². The van der Waals surface area contributed by atoms with Gasteiger partial charge in [0.15, 0.2) is 0 Å². The first-order valence-corrected chi connectivity index (χ1v) is 8.98. The van der Waals surface area contributed by atoms with Crippen molar-refractivity contribution in [3.8, 4) is 0 Å². The molecular weight excluding hydrogens is 326 g/mol. The van der Waals surface area contributed by atoms with E-state index in [0.717, 1.165) is 43.5 Å². The number of aromatic nitrogens is 4. The molecule has 0 bridgehead atoms. The largest absolute Gasteiger partial charge is 0.379 e. The summed E-state index contributed by atoms with van der Waals surface area (Å²) in [5.74, 6) is 1.75. The molecule has 134 valence electrons. The van der Waals surface area contributed by atoms with Gasteiger partial charge in [-0.2, -0.15) is 5.10 Å². The van der Waals surface area contributed by atoms with Crippen molar-refractivity contribution in [2.24, 2.45) is 0 Å². The molecule has 1 aliphatic rings. The molecule has 0 saturated carbocycles. The van der Waals surface area contributed by atoms with E-state index in [0.29, 0.717) is 6.54 Å². The van der Waals surface area contributed by atoms with E-state index in [1.165, 1.54) is 5.56 Å². The number of ether oxygens (including phenoxy) is 1. The highest BCUT2D eigenvalue weighted by atomic mass is 16.5. The average molecular weight is 349 g/mol. The van der Waals surface area contributed by atoms with Gasteiger partial charge < -0.3 is 4.74 Å². The minimum Gasteiger partial charge on any atom is -0.379 e. The summed E-state index contributed by atoms with van der Waals surface area (Å²) in [6, 6.07) is 14.5. The molecule has 0 unspecified atom stereocenters. The van der Waals surface area contributed by atoms with Gasteiger partial charge >= 0.3 is 0 Å². The molecule has 26 heavy (non-hydrogen) atoms. The molecule has 2 aromatic heterocycles. The second-order valence-corrected chi connectivity index (χ2v) is 6.50. The van der Waals surface area contributed by atoms with Crippen molar-refractivity contribution in [3.63, 3.8) is 0 Å². The lowest BCUT2D eigenvalue weighted by Gasteiger charge is -2.34. The topological polar surface area (TPSA) is 56.1 Å². The quantitative estimate of drug-likeness (QED) is 0.708. The Balaban J connectivity index is 1.73. The zero-order valence-electron chi connectivity index (χ0n) is 15.0. The Bertz CT molecular complexity index is 828. The van der Waals surface area contributed by atoms with Crippen LogP contribution in [0, 0.1) is 6.92 Å². The molecule has 0 aliphatic carbocycles. The number of rotatable bonds is 5. The van der Waals surface area contributed by atoms with Crippen molar-refractivity contribution in [1.29, 1.82) is 0 Å². The summed E-state index contributed by atoms with van der Waals surface area (Å²) in [6.45, 7) is 5.88. The predicted molar refractivity (Wildman–Crippen MR) is 98.8 cm³/mol. The van der Waals surface area contributed by atoms with Crippen LogP contribution in [-0.2, 0) is 11.3 Å². The smallest absolute Gasteiger partial charge is 0.149 e. The molecule has 4 rings (SSSR count). The van der Waals surface area contributed by atoms with Crippen molar-refractivity contribution in [1.82, 2.24) is 24.6 Å². The van der Waals surface area contributed by atoms with Crippen molar-refractivity contribution in [2.45, 2.75) is 19.5 Å². The van der Waals surface area contributed by atoms with Crippen molar-refractivity contribution < 1.29 is 4.74 Å². The Morgan fingerprint density at radius 1 is 1.08 bits per heavy atom. The van der Waals surface area contributed by atoms with Crippen molar-refractivity contribution >= 4 is 0 Å². The van der Waals surface area contributed by atoms with Crippen LogP contribution in [0.25, 0.3) is 0 Å². The number of hydrogen-bond acceptors (Lipinski definition) is 5. The summed E-state index contributed by atoms with van der Waals surface area (Å²) < 4.78 is 7.58. The molecule has 0 radical (unpaired) electrons. The van der Waals surface area contributed by atoms with E-state index in [1.807, 2.05) is 29.9 Å². The lowest BCUT2D eigenvalue weighted by Crippen LogP contribution is -2.40. The number of pyridine rings is 1. The molecule has 0 N–H and O–H groups in total. The third-order valence-electron chi connectivity index (χ3n) is 4.64. The van der Waals surface area contributed by atoms with Gasteiger partial charge in [-0.1, -0.05) is 36.4 Å². The monoisotopic (exact) mass is 349 g/mol. The molecule has 6 nitrogen and oxygen atoms in total. The van der Waals surface area contributed by atoms with Crippen LogP contribution in [0.5, 0.6) is 0 Å². The van der Waals surface area contributed by atoms with E-state index < -0.39 is 0 Å². The van der Waals surface area contributed by atoms with Crippen LogP contribution in [0.4, 0.5) is 0 Å². The maximum absolute atomic E-state index is 5.55. The number of hydrogen-bond donors (Lipinski definition) is 0. The van der Waals surface area contributed by atoms with Crippen LogP contribution in [0.15, 0.2) is 54.9 Å². The highest BCUT2D eigenvalue weighted by Gasteiger charge is 2.29. The minimum absolute atomic E-state index is 0.0255. The fraction of sp³-hybridized carbons (Fsp3) is 0.350. The molecule has 3 aromatic rings. The summed E-state index contributed by atoms with van der Waals surface area (Å²) in [6.07, 6.45) is 3.73. The Morgan fingerprint density at radius 3 is 2.62 bits per heavy atom. The Morgan fingerprint density at radius 2 is 1.88 bits per heavy atom. The van der Waals surface area contributed by atoms with Gasteiger partial charge in [0.05, 0.1) is 25.8 Å². The van der Waals surface area contributed by atoms with Crippen molar-refractivity contribution in [2.75, 3.05) is 26.3 Å². The normalized spacial score (nSPS) is 16.5. The van der Waals surface area contributed by atoms with Gasteiger partial charge in [0.25, 0.3) is 0 Å². The molecule has 0 amide bonds. The van der Waals surface area contributed by atoms with Crippen LogP contribution in [-0.4, -0.2) is 51.0 Å². The van der Waals surface area contributed by atoms with Gasteiger partial charge in [-0.3, -0.25) is 9.88 Å². The van der Waals surface area contributed by atoms with Gasteiger partial charge in [0, 0.05) is 25.5 Å². The number of benzene rings is 1. The van der Waals surface area contributed by atoms with Crippen LogP contribution >= 0.6 is 0 Å². The second-order valence-electron chi connectivity index (χ2n) is 6.50. The van der Waals surface area contributed by atoms with Gasteiger partial charge in [-0.05, 0) is 24.1 Å². The minimum atomic E-state index is 0.0255. The fourth-order valence-electron chi connectivity index (χ4n) is 3.44. The zero-order valence-corrected chi connectivity index (χ0v) is 15.0. The van der Waals surface area contributed by atoms with Crippen LogP contribution < -0.4 is 0 Å². The molecular formula is C20H23N5O. The molecule has 1 fully saturated rings. The Kier molecular flexibility index (Phi) is 5.04. The third-order valence-corrected chi connectivity index (χ3v) is 4.64. The second kappa shape index (κ2) is 7.76. The first-order valence-electron chi connectivity index (χ1n) is 8.98. The third kappa shape index (κ3) is 3.66. The molecule has 1 aliphatic heterocycles. The molecule has 1 atom stereocenters. The maximum Gasteiger partial charge on any atom is 0.149 e. The van der Waals surface area contributed by atoms with Crippen LogP contribution in [0.3, 0.4) is 0 Å². The highest BCUT2D eigenvalue weighted by Crippen LogP contribution is 2.28. The molecule has 1 aromatic carbocycles.